The summed E-state index contributed by atoms with van der Waals surface area (Å²) in [4.78, 5) is 0.0106. The van der Waals surface area contributed by atoms with E-state index in [9.17, 15) is 8.42 Å². The van der Waals surface area contributed by atoms with Crippen LogP contribution < -0.4 is 10.0 Å². The minimum atomic E-state index is -3.77. The molecule has 2 aromatic carbocycles. The van der Waals surface area contributed by atoms with Crippen molar-refractivity contribution in [3.05, 3.63) is 53.1 Å². The molecule has 108 valence electrons. The number of nitrogens with zero attached hydrogens (tertiary/aromatic N) is 2. The normalized spacial score (nSPS) is 10.9. The lowest BCUT2D eigenvalue weighted by Gasteiger charge is -2.20. The van der Waals surface area contributed by atoms with Crippen LogP contribution in [0.2, 0.25) is 5.02 Å². The van der Waals surface area contributed by atoms with E-state index >= 15 is 0 Å². The number of nitrogen functional groups attached to an aromatic ring is 1. The molecule has 5 nitrogen and oxygen atoms in total. The van der Waals surface area contributed by atoms with E-state index in [1.165, 1.54) is 25.2 Å². The second kappa shape index (κ2) is 5.64. The number of hydrogen-bond acceptors (Lipinski definition) is 4. The minimum Gasteiger partial charge on any atom is -0.399 e. The largest absolute Gasteiger partial charge is 0.399 e. The van der Waals surface area contributed by atoms with Crippen LogP contribution >= 0.6 is 11.6 Å². The van der Waals surface area contributed by atoms with Crippen LogP contribution in [0.25, 0.3) is 0 Å². The summed E-state index contributed by atoms with van der Waals surface area (Å²) in [6.07, 6.45) is 0. The number of sulfonamides is 1. The molecule has 0 heterocycles. The zero-order valence-corrected chi connectivity index (χ0v) is 12.7. The first-order valence-electron chi connectivity index (χ1n) is 5.90. The zero-order valence-electron chi connectivity index (χ0n) is 11.1. The molecule has 0 atom stereocenters. The Morgan fingerprint density at radius 3 is 2.52 bits per heavy atom. The number of nitrogens with two attached hydrogens (primary N) is 1. The second-order valence-corrected chi connectivity index (χ2v) is 6.70. The molecule has 7 heteroatoms. The van der Waals surface area contributed by atoms with Gasteiger partial charge in [-0.1, -0.05) is 17.7 Å². The molecule has 21 heavy (non-hydrogen) atoms. The molecular weight excluding hydrogens is 310 g/mol. The van der Waals surface area contributed by atoms with Crippen molar-refractivity contribution in [3.8, 4) is 6.07 Å². The van der Waals surface area contributed by atoms with Crippen molar-refractivity contribution in [1.82, 2.24) is 0 Å². The molecule has 0 saturated carbocycles. The molecule has 0 aliphatic heterocycles. The summed E-state index contributed by atoms with van der Waals surface area (Å²) < 4.78 is 26.2. The quantitative estimate of drug-likeness (QED) is 0.880. The predicted molar refractivity (Wildman–Crippen MR) is 82.6 cm³/mol. The summed E-state index contributed by atoms with van der Waals surface area (Å²) in [6.45, 7) is 0. The van der Waals surface area contributed by atoms with E-state index in [0.29, 0.717) is 11.4 Å². The Morgan fingerprint density at radius 1 is 1.24 bits per heavy atom. The van der Waals surface area contributed by atoms with E-state index in [4.69, 9.17) is 22.6 Å². The van der Waals surface area contributed by atoms with E-state index in [1.54, 1.807) is 24.3 Å². The van der Waals surface area contributed by atoms with Crippen molar-refractivity contribution in [1.29, 1.82) is 5.26 Å². The SMILES string of the molecule is CN(c1cccc(N)c1)S(=O)(=O)c1ccc(C#N)c(Cl)c1. The third-order valence-electron chi connectivity index (χ3n) is 2.95. The van der Waals surface area contributed by atoms with Crippen LogP contribution in [-0.2, 0) is 10.0 Å². The average molecular weight is 322 g/mol. The summed E-state index contributed by atoms with van der Waals surface area (Å²) in [5, 5.41) is 8.92. The van der Waals surface area contributed by atoms with Crippen LogP contribution in [0.5, 0.6) is 0 Å². The fourth-order valence-electron chi connectivity index (χ4n) is 1.76. The molecule has 0 aromatic heterocycles. The first-order chi connectivity index (χ1) is 9.86. The van der Waals surface area contributed by atoms with E-state index in [1.807, 2.05) is 6.07 Å². The molecule has 0 saturated heterocycles. The second-order valence-electron chi connectivity index (χ2n) is 4.32. The number of hydrogen-bond donors (Lipinski definition) is 1. The summed E-state index contributed by atoms with van der Waals surface area (Å²) >= 11 is 5.89. The van der Waals surface area contributed by atoms with Crippen LogP contribution in [0.15, 0.2) is 47.4 Å². The van der Waals surface area contributed by atoms with Gasteiger partial charge in [-0.3, -0.25) is 4.31 Å². The maximum Gasteiger partial charge on any atom is 0.264 e. The predicted octanol–water partition coefficient (Wildman–Crippen LogP) is 2.62. The molecule has 0 unspecified atom stereocenters. The summed E-state index contributed by atoms with van der Waals surface area (Å²) in [6, 6.07) is 12.4. The third-order valence-corrected chi connectivity index (χ3v) is 5.05. The highest BCUT2D eigenvalue weighted by Gasteiger charge is 2.22. The fraction of sp³-hybridized carbons (Fsp3) is 0.0714. The Bertz CT molecular complexity index is 828. The van der Waals surface area contributed by atoms with Gasteiger partial charge in [0.2, 0.25) is 0 Å². The van der Waals surface area contributed by atoms with Crippen molar-refractivity contribution in [2.45, 2.75) is 4.90 Å². The third kappa shape index (κ3) is 2.94. The van der Waals surface area contributed by atoms with Crippen molar-refractivity contribution >= 4 is 33.0 Å². The Morgan fingerprint density at radius 2 is 1.95 bits per heavy atom. The summed E-state index contributed by atoms with van der Waals surface area (Å²) in [7, 11) is -2.35. The van der Waals surface area contributed by atoms with E-state index < -0.39 is 10.0 Å². The van der Waals surface area contributed by atoms with Crippen molar-refractivity contribution < 1.29 is 8.42 Å². The summed E-state index contributed by atoms with van der Waals surface area (Å²) in [5.41, 5.74) is 6.79. The van der Waals surface area contributed by atoms with Gasteiger partial charge in [-0.25, -0.2) is 8.42 Å². The maximum absolute atomic E-state index is 12.5. The van der Waals surface area contributed by atoms with E-state index in [2.05, 4.69) is 0 Å². The highest BCUT2D eigenvalue weighted by Crippen LogP contribution is 2.26. The number of halogens is 1. The molecule has 0 spiro atoms. The van der Waals surface area contributed by atoms with Gasteiger partial charge in [0, 0.05) is 12.7 Å². The lowest BCUT2D eigenvalue weighted by molar-refractivity contribution is 0.594. The molecule has 2 N–H and O–H groups in total. The van der Waals surface area contributed by atoms with Crippen LogP contribution in [-0.4, -0.2) is 15.5 Å². The van der Waals surface area contributed by atoms with Gasteiger partial charge in [0.05, 0.1) is 21.2 Å². The molecule has 0 fully saturated rings. The molecule has 0 radical (unpaired) electrons. The Kier molecular flexibility index (Phi) is 4.07. The molecule has 0 amide bonds. The lowest BCUT2D eigenvalue weighted by Crippen LogP contribution is -2.26. The van der Waals surface area contributed by atoms with Crippen LogP contribution in [0, 0.1) is 11.3 Å². The monoisotopic (exact) mass is 321 g/mol. The van der Waals surface area contributed by atoms with Gasteiger partial charge in [0.1, 0.15) is 6.07 Å². The van der Waals surface area contributed by atoms with Gasteiger partial charge in [-0.05, 0) is 36.4 Å². The topological polar surface area (TPSA) is 87.2 Å². The number of rotatable bonds is 3. The molecule has 0 aliphatic rings. The highest BCUT2D eigenvalue weighted by atomic mass is 35.5. The van der Waals surface area contributed by atoms with Crippen LogP contribution in [0.4, 0.5) is 11.4 Å². The van der Waals surface area contributed by atoms with Crippen molar-refractivity contribution in [2.24, 2.45) is 0 Å². The molecule has 0 aliphatic carbocycles. The Balaban J connectivity index is 2.47. The fourth-order valence-corrected chi connectivity index (χ4v) is 3.27. The van der Waals surface area contributed by atoms with Gasteiger partial charge in [0.15, 0.2) is 0 Å². The van der Waals surface area contributed by atoms with Gasteiger partial charge >= 0.3 is 0 Å². The van der Waals surface area contributed by atoms with Crippen molar-refractivity contribution in [3.63, 3.8) is 0 Å². The van der Waals surface area contributed by atoms with Gasteiger partial charge in [0.25, 0.3) is 10.0 Å². The van der Waals surface area contributed by atoms with Gasteiger partial charge in [-0.15, -0.1) is 0 Å². The lowest BCUT2D eigenvalue weighted by atomic mass is 10.2. The Labute approximate surface area is 128 Å². The standard InChI is InChI=1S/C14H12ClN3O2S/c1-18(12-4-2-3-11(17)7-12)21(19,20)13-6-5-10(9-16)14(15)8-13/h2-8H,17H2,1H3. The minimum absolute atomic E-state index is 0.0106. The maximum atomic E-state index is 12.5. The van der Waals surface area contributed by atoms with Crippen LogP contribution in [0.1, 0.15) is 5.56 Å². The highest BCUT2D eigenvalue weighted by molar-refractivity contribution is 7.92. The first-order valence-corrected chi connectivity index (χ1v) is 7.72. The van der Waals surface area contributed by atoms with Gasteiger partial charge in [-0.2, -0.15) is 5.26 Å². The number of anilines is 2. The average Bonchev–Trinajstić information content (AvgIpc) is 2.46. The Hall–Kier alpha value is -2.23. The van der Waals surface area contributed by atoms with Crippen LogP contribution in [0.3, 0.4) is 0 Å². The molecular formula is C14H12ClN3O2S. The summed E-state index contributed by atoms with van der Waals surface area (Å²) in [5.74, 6) is 0. The van der Waals surface area contributed by atoms with E-state index in [0.717, 1.165) is 4.31 Å². The molecule has 2 rings (SSSR count). The smallest absolute Gasteiger partial charge is 0.264 e. The zero-order chi connectivity index (χ0) is 15.6. The van der Waals surface area contributed by atoms with Gasteiger partial charge < -0.3 is 5.73 Å². The number of nitriles is 1. The first kappa shape index (κ1) is 15.2. The molecule has 0 bridgehead atoms. The molecule has 2 aromatic rings. The number of benzene rings is 2. The van der Waals surface area contributed by atoms with E-state index in [-0.39, 0.29) is 15.5 Å². The van der Waals surface area contributed by atoms with Crippen molar-refractivity contribution in [2.75, 3.05) is 17.1 Å².